The monoisotopic (exact) mass is 652 g/mol. The average molecular weight is 653 g/mol. The lowest BCUT2D eigenvalue weighted by Crippen LogP contribution is -1.96. The van der Waals surface area contributed by atoms with Crippen molar-refractivity contribution >= 4 is 30.5 Å². The normalized spacial score (nSPS) is 11.7. The van der Waals surface area contributed by atoms with Crippen LogP contribution in [0.5, 0.6) is 0 Å². The maximum atomic E-state index is 5.85. The van der Waals surface area contributed by atoms with E-state index in [1.165, 1.54) is 193 Å². The summed E-state index contributed by atoms with van der Waals surface area (Å²) in [5.74, 6) is 0. The van der Waals surface area contributed by atoms with Gasteiger partial charge in [0.1, 0.15) is 11.3 Å². The van der Waals surface area contributed by atoms with Crippen LogP contribution in [0.2, 0.25) is 0 Å². The van der Waals surface area contributed by atoms with Crippen molar-refractivity contribution < 1.29 is 13.0 Å². The second-order valence-corrected chi connectivity index (χ2v) is 14.7. The Morgan fingerprint density at radius 2 is 0.571 bits per heavy atom. The van der Waals surface area contributed by atoms with E-state index in [1.807, 2.05) is 0 Å². The SMILES string of the molecule is CCCCCCCCCCCCCCCCCCOP(OCCCCCCCCCCCCCCCCCC)OSCl. The van der Waals surface area contributed by atoms with Gasteiger partial charge in [0, 0.05) is 0 Å². The molecule has 0 atom stereocenters. The third kappa shape index (κ3) is 37.1. The Kier molecular flexibility index (Phi) is 40.9. The Balaban J connectivity index is 3.34. The maximum absolute atomic E-state index is 5.85. The second-order valence-electron chi connectivity index (χ2n) is 12.6. The van der Waals surface area contributed by atoms with Gasteiger partial charge in [-0.2, -0.15) is 0 Å². The molecule has 0 unspecified atom stereocenters. The van der Waals surface area contributed by atoms with Crippen LogP contribution in [-0.2, 0) is 13.0 Å². The molecule has 42 heavy (non-hydrogen) atoms. The quantitative estimate of drug-likeness (QED) is 0.0377. The van der Waals surface area contributed by atoms with Gasteiger partial charge in [0.05, 0.1) is 13.2 Å². The Bertz CT molecular complexity index is 437. The molecule has 0 aromatic carbocycles. The van der Waals surface area contributed by atoms with Gasteiger partial charge in [-0.25, -0.2) is 3.97 Å². The molecule has 0 saturated heterocycles. The first-order valence-corrected chi connectivity index (χ1v) is 21.5. The van der Waals surface area contributed by atoms with Crippen LogP contribution in [0, 0.1) is 0 Å². The van der Waals surface area contributed by atoms with Gasteiger partial charge in [-0.1, -0.05) is 206 Å². The lowest BCUT2D eigenvalue weighted by molar-refractivity contribution is 0.205. The van der Waals surface area contributed by atoms with Crippen molar-refractivity contribution in [1.29, 1.82) is 0 Å². The van der Waals surface area contributed by atoms with E-state index in [1.54, 1.807) is 0 Å². The van der Waals surface area contributed by atoms with Gasteiger partial charge in [0.15, 0.2) is 0 Å². The highest BCUT2D eigenvalue weighted by Crippen LogP contribution is 2.45. The largest absolute Gasteiger partial charge is 0.345 e. The number of halogens is 1. The number of unbranched alkanes of at least 4 members (excludes halogenated alkanes) is 30. The summed E-state index contributed by atoms with van der Waals surface area (Å²) >= 11 is 0.839. The summed E-state index contributed by atoms with van der Waals surface area (Å²) in [5, 5.41) is 0. The average Bonchev–Trinajstić information content (AvgIpc) is 3.00. The molecule has 0 aliphatic heterocycles. The zero-order chi connectivity index (χ0) is 30.4. The minimum Gasteiger partial charge on any atom is -0.312 e. The molecule has 0 N–H and O–H groups in total. The van der Waals surface area contributed by atoms with E-state index < -0.39 is 8.60 Å². The van der Waals surface area contributed by atoms with Gasteiger partial charge in [0.2, 0.25) is 0 Å². The van der Waals surface area contributed by atoms with Crippen molar-refractivity contribution in [2.24, 2.45) is 0 Å². The van der Waals surface area contributed by atoms with Crippen LogP contribution in [0.25, 0.3) is 0 Å². The standard InChI is InChI=1S/C36H74ClO3PS/c1-3-5-7-9-11-13-15-17-19-21-23-25-27-29-31-33-35-38-41(40-42-37)39-36-34-32-30-28-26-24-22-20-18-16-14-12-10-8-6-4-2/h3-36H2,1-2H3. The highest BCUT2D eigenvalue weighted by atomic mass is 35.7. The fourth-order valence-electron chi connectivity index (χ4n) is 5.68. The molecule has 6 heteroatoms. The molecular formula is C36H74ClO3PS. The molecule has 0 aromatic heterocycles. The van der Waals surface area contributed by atoms with Crippen LogP contribution < -0.4 is 0 Å². The van der Waals surface area contributed by atoms with E-state index in [4.69, 9.17) is 23.7 Å². The number of rotatable bonds is 38. The van der Waals surface area contributed by atoms with E-state index >= 15 is 0 Å². The van der Waals surface area contributed by atoms with E-state index in [0.29, 0.717) is 13.2 Å². The van der Waals surface area contributed by atoms with Crippen molar-refractivity contribution in [2.45, 2.75) is 219 Å². The van der Waals surface area contributed by atoms with Gasteiger partial charge in [0.25, 0.3) is 0 Å². The molecule has 0 rings (SSSR count). The molecule has 0 bridgehead atoms. The zero-order valence-corrected chi connectivity index (χ0v) is 31.0. The molecule has 0 aliphatic carbocycles. The minimum atomic E-state index is -1.32. The van der Waals surface area contributed by atoms with E-state index in [2.05, 4.69) is 13.8 Å². The van der Waals surface area contributed by atoms with E-state index in [0.717, 1.165) is 24.1 Å². The topological polar surface area (TPSA) is 27.7 Å². The van der Waals surface area contributed by atoms with Gasteiger partial charge in [-0.15, -0.1) is 0 Å². The first-order chi connectivity index (χ1) is 20.8. The van der Waals surface area contributed by atoms with Crippen LogP contribution in [0.1, 0.15) is 219 Å². The zero-order valence-electron chi connectivity index (χ0n) is 28.5. The Labute approximate surface area is 275 Å². The highest BCUT2D eigenvalue weighted by Gasteiger charge is 2.12. The third-order valence-corrected chi connectivity index (χ3v) is 10.5. The first-order valence-electron chi connectivity index (χ1n) is 18.9. The molecule has 0 aromatic rings. The summed E-state index contributed by atoms with van der Waals surface area (Å²) in [6.07, 6.45) is 44.2. The molecule has 0 aliphatic rings. The number of hydrogen-bond acceptors (Lipinski definition) is 4. The summed E-state index contributed by atoms with van der Waals surface area (Å²) in [7, 11) is 4.39. The van der Waals surface area contributed by atoms with E-state index in [-0.39, 0.29) is 0 Å². The van der Waals surface area contributed by atoms with Crippen LogP contribution in [-0.4, -0.2) is 13.2 Å². The predicted octanol–water partition coefficient (Wildman–Crippen LogP) is 15.6. The van der Waals surface area contributed by atoms with Gasteiger partial charge >= 0.3 is 8.60 Å². The van der Waals surface area contributed by atoms with Crippen molar-refractivity contribution in [3.63, 3.8) is 0 Å². The lowest BCUT2D eigenvalue weighted by atomic mass is 10.0. The van der Waals surface area contributed by atoms with Gasteiger partial charge in [-0.05, 0) is 23.5 Å². The van der Waals surface area contributed by atoms with Crippen LogP contribution >= 0.6 is 30.5 Å². The van der Waals surface area contributed by atoms with Gasteiger partial charge < -0.3 is 9.05 Å². The molecule has 3 nitrogen and oxygen atoms in total. The van der Waals surface area contributed by atoms with Crippen molar-refractivity contribution in [3.05, 3.63) is 0 Å². The fraction of sp³-hybridized carbons (Fsp3) is 1.00. The summed E-state index contributed by atoms with van der Waals surface area (Å²) in [4.78, 5) is 0. The maximum Gasteiger partial charge on any atom is 0.345 e. The molecule has 0 spiro atoms. The molecule has 0 radical (unpaired) electrons. The molecular weight excluding hydrogens is 579 g/mol. The highest BCUT2D eigenvalue weighted by molar-refractivity contribution is 8.19. The van der Waals surface area contributed by atoms with Crippen LogP contribution in [0.15, 0.2) is 0 Å². The molecule has 0 heterocycles. The molecule has 0 fully saturated rings. The van der Waals surface area contributed by atoms with E-state index in [9.17, 15) is 0 Å². The summed E-state index contributed by atoms with van der Waals surface area (Å²) in [6.45, 7) is 6.00. The second kappa shape index (κ2) is 40.0. The van der Waals surface area contributed by atoms with Crippen LogP contribution in [0.3, 0.4) is 0 Å². The first kappa shape index (κ1) is 43.0. The molecule has 0 amide bonds. The van der Waals surface area contributed by atoms with Gasteiger partial charge in [-0.3, -0.25) is 0 Å². The van der Waals surface area contributed by atoms with Crippen LogP contribution in [0.4, 0.5) is 0 Å². The predicted molar refractivity (Wildman–Crippen MR) is 192 cm³/mol. The summed E-state index contributed by atoms with van der Waals surface area (Å²) in [5.41, 5.74) is 0. The minimum absolute atomic E-state index is 0.709. The summed E-state index contributed by atoms with van der Waals surface area (Å²) < 4.78 is 17.1. The van der Waals surface area contributed by atoms with Crippen molar-refractivity contribution in [2.75, 3.05) is 13.2 Å². The Hall–Kier alpha value is 0.950. The third-order valence-electron chi connectivity index (χ3n) is 8.48. The fourth-order valence-corrected chi connectivity index (χ4v) is 7.25. The molecule has 254 valence electrons. The smallest absolute Gasteiger partial charge is 0.312 e. The number of hydrogen-bond donors (Lipinski definition) is 0. The van der Waals surface area contributed by atoms with Crippen molar-refractivity contribution in [1.82, 2.24) is 0 Å². The lowest BCUT2D eigenvalue weighted by Gasteiger charge is -2.14. The Morgan fingerprint density at radius 1 is 0.357 bits per heavy atom. The summed E-state index contributed by atoms with van der Waals surface area (Å²) in [6, 6.07) is 0. The molecule has 0 saturated carbocycles. The van der Waals surface area contributed by atoms with Crippen molar-refractivity contribution in [3.8, 4) is 0 Å². The Morgan fingerprint density at radius 3 is 0.786 bits per heavy atom.